The molecule has 1 heterocycles. The molecule has 1 aliphatic carbocycles. The lowest BCUT2D eigenvalue weighted by atomic mass is 9.89. The topological polar surface area (TPSA) is 58.7 Å². The van der Waals surface area contributed by atoms with Gasteiger partial charge in [-0.15, -0.1) is 0 Å². The van der Waals surface area contributed by atoms with Crippen LogP contribution in [0.2, 0.25) is 0 Å². The monoisotopic (exact) mass is 228 g/mol. The van der Waals surface area contributed by atoms with Gasteiger partial charge in [0.05, 0.1) is 19.3 Å². The number of rotatable bonds is 3. The van der Waals surface area contributed by atoms with Gasteiger partial charge in [-0.25, -0.2) is 0 Å². The Morgan fingerprint density at radius 3 is 2.94 bits per heavy atom. The van der Waals surface area contributed by atoms with Gasteiger partial charge in [0.1, 0.15) is 0 Å². The summed E-state index contributed by atoms with van der Waals surface area (Å²) >= 11 is 0. The predicted molar refractivity (Wildman–Crippen MR) is 63.2 cm³/mol. The Labute approximate surface area is 97.7 Å². The summed E-state index contributed by atoms with van der Waals surface area (Å²) in [5, 5.41) is 9.24. The van der Waals surface area contributed by atoms with E-state index in [-0.39, 0.29) is 6.61 Å². The van der Waals surface area contributed by atoms with Crippen LogP contribution in [0.25, 0.3) is 0 Å². The first-order valence-electron chi connectivity index (χ1n) is 6.38. The van der Waals surface area contributed by atoms with E-state index in [1.54, 1.807) is 0 Å². The minimum atomic E-state index is -0.487. The number of ether oxygens (including phenoxy) is 1. The molecule has 0 aromatic carbocycles. The van der Waals surface area contributed by atoms with Crippen LogP contribution in [0, 0.1) is 0 Å². The Kier molecular flexibility index (Phi) is 3.85. The van der Waals surface area contributed by atoms with E-state index in [1.165, 1.54) is 25.7 Å². The maximum absolute atomic E-state index is 9.24. The molecule has 0 spiro atoms. The zero-order valence-corrected chi connectivity index (χ0v) is 10.2. The average Bonchev–Trinajstić information content (AvgIpc) is 2.29. The first kappa shape index (κ1) is 12.3. The Balaban J connectivity index is 1.97. The van der Waals surface area contributed by atoms with Crippen LogP contribution in [0.3, 0.4) is 0 Å². The molecular formula is C12H24N2O2. The van der Waals surface area contributed by atoms with Gasteiger partial charge in [0.25, 0.3) is 0 Å². The largest absolute Gasteiger partial charge is 0.394 e. The van der Waals surface area contributed by atoms with Crippen molar-refractivity contribution in [1.82, 2.24) is 4.90 Å². The summed E-state index contributed by atoms with van der Waals surface area (Å²) in [6.07, 6.45) is 5.38. The number of fused-ring (bicyclic) bond motifs is 1. The molecule has 16 heavy (non-hydrogen) atoms. The molecule has 0 amide bonds. The summed E-state index contributed by atoms with van der Waals surface area (Å²) < 4.78 is 5.82. The highest BCUT2D eigenvalue weighted by molar-refractivity contribution is 4.92. The van der Waals surface area contributed by atoms with Gasteiger partial charge < -0.3 is 15.6 Å². The molecule has 4 heteroatoms. The van der Waals surface area contributed by atoms with E-state index in [2.05, 4.69) is 4.90 Å². The van der Waals surface area contributed by atoms with Gasteiger partial charge in [0, 0.05) is 24.7 Å². The third-order valence-corrected chi connectivity index (χ3v) is 3.77. The van der Waals surface area contributed by atoms with Crippen LogP contribution >= 0.6 is 0 Å². The number of nitrogens with two attached hydrogens (primary N) is 1. The van der Waals surface area contributed by atoms with E-state index in [0.29, 0.717) is 12.1 Å². The molecule has 1 saturated heterocycles. The van der Waals surface area contributed by atoms with E-state index >= 15 is 0 Å². The molecule has 3 atom stereocenters. The van der Waals surface area contributed by atoms with Crippen molar-refractivity contribution in [2.24, 2.45) is 5.73 Å². The molecule has 4 nitrogen and oxygen atoms in total. The minimum absolute atomic E-state index is 0.0434. The molecular weight excluding hydrogens is 204 g/mol. The van der Waals surface area contributed by atoms with Crippen molar-refractivity contribution < 1.29 is 9.84 Å². The molecule has 0 aromatic rings. The molecule has 1 aliphatic heterocycles. The van der Waals surface area contributed by atoms with Crippen molar-refractivity contribution in [3.63, 3.8) is 0 Å². The fourth-order valence-corrected chi connectivity index (χ4v) is 2.89. The summed E-state index contributed by atoms with van der Waals surface area (Å²) in [5.74, 6) is 0. The van der Waals surface area contributed by atoms with Gasteiger partial charge in [-0.3, -0.25) is 4.90 Å². The van der Waals surface area contributed by atoms with Crippen LogP contribution in [-0.4, -0.2) is 54.0 Å². The first-order valence-corrected chi connectivity index (χ1v) is 6.38. The van der Waals surface area contributed by atoms with Crippen molar-refractivity contribution in [3.05, 3.63) is 0 Å². The van der Waals surface area contributed by atoms with Gasteiger partial charge in [-0.2, -0.15) is 0 Å². The second kappa shape index (κ2) is 5.00. The predicted octanol–water partition coefficient (Wildman–Crippen LogP) is 0.340. The lowest BCUT2D eigenvalue weighted by Crippen LogP contribution is -2.59. The summed E-state index contributed by atoms with van der Waals surface area (Å²) in [5.41, 5.74) is 5.55. The Morgan fingerprint density at radius 1 is 1.44 bits per heavy atom. The third kappa shape index (κ3) is 2.74. The lowest BCUT2D eigenvalue weighted by Gasteiger charge is -2.46. The van der Waals surface area contributed by atoms with Gasteiger partial charge in [-0.1, -0.05) is 12.8 Å². The standard InChI is InChI=1S/C12H24N2O2/c1-12(13,9-15)8-14-6-7-16-11-5-3-2-4-10(11)14/h10-11,15H,2-9,13H2,1H3. The smallest absolute Gasteiger partial charge is 0.0730 e. The second-order valence-corrected chi connectivity index (χ2v) is 5.54. The lowest BCUT2D eigenvalue weighted by molar-refractivity contribution is -0.0944. The average molecular weight is 228 g/mol. The summed E-state index contributed by atoms with van der Waals surface area (Å²) in [4.78, 5) is 2.42. The minimum Gasteiger partial charge on any atom is -0.394 e. The molecule has 0 bridgehead atoms. The maximum atomic E-state index is 9.24. The van der Waals surface area contributed by atoms with Crippen LogP contribution in [0.1, 0.15) is 32.6 Å². The zero-order valence-electron chi connectivity index (χ0n) is 10.2. The summed E-state index contributed by atoms with van der Waals surface area (Å²) in [7, 11) is 0. The van der Waals surface area contributed by atoms with Gasteiger partial charge in [-0.05, 0) is 19.8 Å². The highest BCUT2D eigenvalue weighted by atomic mass is 16.5. The van der Waals surface area contributed by atoms with Crippen molar-refractivity contribution in [3.8, 4) is 0 Å². The van der Waals surface area contributed by atoms with E-state index in [4.69, 9.17) is 10.5 Å². The maximum Gasteiger partial charge on any atom is 0.0730 e. The van der Waals surface area contributed by atoms with Crippen LogP contribution in [0.5, 0.6) is 0 Å². The Morgan fingerprint density at radius 2 is 2.19 bits per heavy atom. The first-order chi connectivity index (χ1) is 7.62. The van der Waals surface area contributed by atoms with Crippen LogP contribution in [-0.2, 0) is 4.74 Å². The highest BCUT2D eigenvalue weighted by Crippen LogP contribution is 2.28. The van der Waals surface area contributed by atoms with E-state index in [1.807, 2.05) is 6.92 Å². The zero-order chi connectivity index (χ0) is 11.6. The molecule has 0 aromatic heterocycles. The fourth-order valence-electron chi connectivity index (χ4n) is 2.89. The fraction of sp³-hybridized carbons (Fsp3) is 1.00. The van der Waals surface area contributed by atoms with Crippen molar-refractivity contribution in [2.45, 2.75) is 50.3 Å². The number of aliphatic hydroxyl groups excluding tert-OH is 1. The van der Waals surface area contributed by atoms with Crippen molar-refractivity contribution in [2.75, 3.05) is 26.3 Å². The third-order valence-electron chi connectivity index (χ3n) is 3.77. The van der Waals surface area contributed by atoms with Gasteiger partial charge in [0.15, 0.2) is 0 Å². The summed E-state index contributed by atoms with van der Waals surface area (Å²) in [6, 6.07) is 0.525. The molecule has 2 fully saturated rings. The van der Waals surface area contributed by atoms with E-state index in [0.717, 1.165) is 19.7 Å². The Hall–Kier alpha value is -0.160. The van der Waals surface area contributed by atoms with E-state index < -0.39 is 5.54 Å². The van der Waals surface area contributed by atoms with Gasteiger partial charge >= 0.3 is 0 Å². The van der Waals surface area contributed by atoms with E-state index in [9.17, 15) is 5.11 Å². The van der Waals surface area contributed by atoms with Crippen LogP contribution in [0.4, 0.5) is 0 Å². The highest BCUT2D eigenvalue weighted by Gasteiger charge is 2.36. The van der Waals surface area contributed by atoms with Crippen molar-refractivity contribution in [1.29, 1.82) is 0 Å². The quantitative estimate of drug-likeness (QED) is 0.731. The molecule has 3 unspecified atom stereocenters. The molecule has 1 saturated carbocycles. The molecule has 2 rings (SSSR count). The Bertz CT molecular complexity index is 231. The van der Waals surface area contributed by atoms with Crippen LogP contribution in [0.15, 0.2) is 0 Å². The van der Waals surface area contributed by atoms with Gasteiger partial charge in [0.2, 0.25) is 0 Å². The number of aliphatic hydroxyl groups is 1. The molecule has 2 aliphatic rings. The number of nitrogens with zero attached hydrogens (tertiary/aromatic N) is 1. The summed E-state index contributed by atoms with van der Waals surface area (Å²) in [6.45, 7) is 4.49. The number of morpholine rings is 1. The second-order valence-electron chi connectivity index (χ2n) is 5.54. The SMILES string of the molecule is CC(N)(CO)CN1CCOC2CCCCC21. The normalized spacial score (nSPS) is 35.4. The number of hydrogen-bond donors (Lipinski definition) is 2. The molecule has 0 radical (unpaired) electrons. The van der Waals surface area contributed by atoms with Crippen LogP contribution < -0.4 is 5.73 Å². The van der Waals surface area contributed by atoms with Crippen molar-refractivity contribution >= 4 is 0 Å². The molecule has 94 valence electrons. The number of hydrogen-bond acceptors (Lipinski definition) is 4. The molecule has 3 N–H and O–H groups in total.